The number of ether oxygens (including phenoxy) is 1. The molecule has 1 aromatic rings. The molecule has 0 aromatic heterocycles. The first-order valence-electron chi connectivity index (χ1n) is 5.32. The highest BCUT2D eigenvalue weighted by molar-refractivity contribution is 5.27. The van der Waals surface area contributed by atoms with E-state index in [4.69, 9.17) is 6.58 Å². The van der Waals surface area contributed by atoms with Crippen LogP contribution in [0.25, 0.3) is 0 Å². The Bertz CT molecular complexity index is 439. The Morgan fingerprint density at radius 2 is 1.89 bits per heavy atom. The highest BCUT2D eigenvalue weighted by Crippen LogP contribution is 2.32. The van der Waals surface area contributed by atoms with E-state index in [1.165, 1.54) is 6.07 Å². The molecule has 0 spiro atoms. The molecular weight excluding hydrogens is 267 g/mol. The van der Waals surface area contributed by atoms with Gasteiger partial charge in [-0.15, -0.1) is 0 Å². The van der Waals surface area contributed by atoms with Gasteiger partial charge in [0.05, 0.1) is 5.56 Å². The zero-order valence-electron chi connectivity index (χ0n) is 10.0. The summed E-state index contributed by atoms with van der Waals surface area (Å²) in [6.07, 6.45) is -6.43. The van der Waals surface area contributed by atoms with E-state index in [0.29, 0.717) is 12.1 Å². The fraction of sp³-hybridized carbons (Fsp3) is 0.385. The molecule has 1 rings (SSSR count). The fourth-order valence-electron chi connectivity index (χ4n) is 1.62. The van der Waals surface area contributed by atoms with Crippen molar-refractivity contribution in [2.45, 2.75) is 24.6 Å². The van der Waals surface area contributed by atoms with Gasteiger partial charge in [0.25, 0.3) is 5.92 Å². The topological polar surface area (TPSA) is 9.23 Å². The van der Waals surface area contributed by atoms with Crippen LogP contribution in [0.1, 0.15) is 11.1 Å². The molecular formula is C13H12F5O. The normalized spacial score (nSPS) is 14.2. The molecule has 1 unspecified atom stereocenters. The van der Waals surface area contributed by atoms with Gasteiger partial charge >= 0.3 is 6.18 Å². The number of hydrogen-bond donors (Lipinski definition) is 0. The Labute approximate surface area is 107 Å². The summed E-state index contributed by atoms with van der Waals surface area (Å²) in [5.41, 5.74) is -1.10. The maximum Gasteiger partial charge on any atom is 0.416 e. The Morgan fingerprint density at radius 1 is 1.26 bits per heavy atom. The lowest BCUT2D eigenvalue weighted by atomic mass is 10.0. The summed E-state index contributed by atoms with van der Waals surface area (Å²) in [5, 5.41) is 0. The molecule has 19 heavy (non-hydrogen) atoms. The van der Waals surface area contributed by atoms with Gasteiger partial charge in [0.1, 0.15) is 6.10 Å². The van der Waals surface area contributed by atoms with E-state index in [2.05, 4.69) is 4.74 Å². The van der Waals surface area contributed by atoms with Gasteiger partial charge in [0.15, 0.2) is 0 Å². The second-order valence-corrected chi connectivity index (χ2v) is 3.98. The molecule has 0 saturated heterocycles. The number of halogens is 5. The Balaban J connectivity index is 2.97. The summed E-state index contributed by atoms with van der Waals surface area (Å²) in [6, 6.07) is 3.80. The highest BCUT2D eigenvalue weighted by atomic mass is 19.4. The number of hydrogen-bond acceptors (Lipinski definition) is 1. The molecule has 6 heteroatoms. The zero-order valence-corrected chi connectivity index (χ0v) is 10.0. The molecule has 0 aliphatic rings. The minimum Gasteiger partial charge on any atom is -0.371 e. The van der Waals surface area contributed by atoms with Crippen LogP contribution in [0, 0.1) is 6.58 Å². The molecule has 0 bridgehead atoms. The quantitative estimate of drug-likeness (QED) is 0.743. The first-order valence-corrected chi connectivity index (χ1v) is 5.32. The lowest BCUT2D eigenvalue weighted by molar-refractivity contribution is -0.137. The van der Waals surface area contributed by atoms with Crippen molar-refractivity contribution in [2.24, 2.45) is 0 Å². The Kier molecular flexibility index (Phi) is 4.68. The maximum atomic E-state index is 13.7. The zero-order chi connectivity index (χ0) is 14.7. The van der Waals surface area contributed by atoms with Crippen LogP contribution in [0.15, 0.2) is 30.3 Å². The van der Waals surface area contributed by atoms with E-state index in [1.807, 2.05) is 0 Å². The first kappa shape index (κ1) is 15.6. The molecule has 105 valence electrons. The van der Waals surface area contributed by atoms with Crippen molar-refractivity contribution in [3.63, 3.8) is 0 Å². The van der Waals surface area contributed by atoms with E-state index >= 15 is 0 Å². The summed E-state index contributed by atoms with van der Waals surface area (Å²) in [6.45, 7) is 5.01. The van der Waals surface area contributed by atoms with E-state index in [1.54, 1.807) is 0 Å². The van der Waals surface area contributed by atoms with Crippen LogP contribution in [0.4, 0.5) is 22.0 Å². The summed E-state index contributed by atoms with van der Waals surface area (Å²) in [5.74, 6) is -3.38. The Morgan fingerprint density at radius 3 is 2.37 bits per heavy atom. The number of rotatable bonds is 5. The van der Waals surface area contributed by atoms with Crippen LogP contribution in [-0.4, -0.2) is 19.1 Å². The smallest absolute Gasteiger partial charge is 0.371 e. The summed E-state index contributed by atoms with van der Waals surface area (Å²) in [7, 11) is 1.05. The molecule has 0 aliphatic heterocycles. The van der Waals surface area contributed by atoms with Gasteiger partial charge in [-0.3, -0.25) is 0 Å². The second-order valence-electron chi connectivity index (χ2n) is 3.98. The van der Waals surface area contributed by atoms with Gasteiger partial charge in [0, 0.05) is 13.5 Å². The third-order valence-corrected chi connectivity index (χ3v) is 2.54. The number of methoxy groups -OCH3 is 1. The number of benzene rings is 1. The number of alkyl halides is 5. The van der Waals surface area contributed by atoms with Gasteiger partial charge in [0.2, 0.25) is 0 Å². The van der Waals surface area contributed by atoms with Crippen molar-refractivity contribution >= 4 is 0 Å². The largest absolute Gasteiger partial charge is 0.416 e. The van der Waals surface area contributed by atoms with Crippen molar-refractivity contribution < 1.29 is 26.7 Å². The fourth-order valence-corrected chi connectivity index (χ4v) is 1.62. The van der Waals surface area contributed by atoms with Gasteiger partial charge in [-0.25, -0.2) is 8.78 Å². The lowest BCUT2D eigenvalue weighted by Crippen LogP contribution is -2.35. The lowest BCUT2D eigenvalue weighted by Gasteiger charge is -2.23. The molecule has 1 radical (unpaired) electrons. The van der Waals surface area contributed by atoms with Crippen LogP contribution < -0.4 is 0 Å². The third kappa shape index (κ3) is 4.02. The first-order chi connectivity index (χ1) is 8.70. The highest BCUT2D eigenvalue weighted by Gasteiger charge is 2.39. The second kappa shape index (κ2) is 5.69. The van der Waals surface area contributed by atoms with Crippen molar-refractivity contribution in [3.8, 4) is 0 Å². The summed E-state index contributed by atoms with van der Waals surface area (Å²) >= 11 is 0. The molecule has 0 N–H and O–H groups in total. The van der Waals surface area contributed by atoms with E-state index in [0.717, 1.165) is 19.2 Å². The minimum atomic E-state index is -4.56. The molecule has 0 amide bonds. The summed E-state index contributed by atoms with van der Waals surface area (Å²) < 4.78 is 69.2. The van der Waals surface area contributed by atoms with Crippen LogP contribution in [0.2, 0.25) is 0 Å². The van der Waals surface area contributed by atoms with Crippen molar-refractivity contribution in [1.82, 2.24) is 0 Å². The standard InChI is InChI=1S/C13H12F5O/c1-3-11(19-2)12(14,15)8-9-5-4-6-10(7-9)13(16,17)18/h1,3-7,11H,8H2,2H3. The Hall–Kier alpha value is -1.43. The molecule has 0 saturated carbocycles. The molecule has 1 nitrogen and oxygen atoms in total. The minimum absolute atomic E-state index is 0.135. The van der Waals surface area contributed by atoms with E-state index < -0.39 is 30.2 Å². The monoisotopic (exact) mass is 279 g/mol. The van der Waals surface area contributed by atoms with Gasteiger partial charge in [-0.1, -0.05) is 24.8 Å². The van der Waals surface area contributed by atoms with Crippen LogP contribution >= 0.6 is 0 Å². The maximum absolute atomic E-state index is 13.7. The van der Waals surface area contributed by atoms with Crippen LogP contribution in [0.5, 0.6) is 0 Å². The molecule has 0 aliphatic carbocycles. The van der Waals surface area contributed by atoms with Gasteiger partial charge in [-0.2, -0.15) is 13.2 Å². The van der Waals surface area contributed by atoms with Gasteiger partial charge in [-0.05, 0) is 17.7 Å². The van der Waals surface area contributed by atoms with Crippen molar-refractivity contribution in [3.05, 3.63) is 48.0 Å². The molecule has 1 atom stereocenters. The van der Waals surface area contributed by atoms with E-state index in [-0.39, 0.29) is 5.56 Å². The predicted octanol–water partition coefficient (Wildman–Crippen LogP) is 3.89. The molecule has 1 aromatic carbocycles. The third-order valence-electron chi connectivity index (χ3n) is 2.54. The van der Waals surface area contributed by atoms with E-state index in [9.17, 15) is 22.0 Å². The SMILES string of the molecule is [CH]=CC(OC)C(F)(F)Cc1cccc(C(F)(F)F)c1. The van der Waals surface area contributed by atoms with Crippen LogP contribution in [-0.2, 0) is 17.3 Å². The van der Waals surface area contributed by atoms with Crippen molar-refractivity contribution in [1.29, 1.82) is 0 Å². The van der Waals surface area contributed by atoms with Crippen LogP contribution in [0.3, 0.4) is 0 Å². The molecule has 0 heterocycles. The van der Waals surface area contributed by atoms with Crippen molar-refractivity contribution in [2.75, 3.05) is 7.11 Å². The average molecular weight is 279 g/mol. The molecule has 0 fully saturated rings. The van der Waals surface area contributed by atoms with Gasteiger partial charge < -0.3 is 4.74 Å². The average Bonchev–Trinajstić information content (AvgIpc) is 2.28. The predicted molar refractivity (Wildman–Crippen MR) is 59.8 cm³/mol. The summed E-state index contributed by atoms with van der Waals surface area (Å²) in [4.78, 5) is 0.